The zero-order chi connectivity index (χ0) is 25.8. The highest BCUT2D eigenvalue weighted by Crippen LogP contribution is 2.27. The van der Waals surface area contributed by atoms with E-state index in [4.69, 9.17) is 4.74 Å². The van der Waals surface area contributed by atoms with Crippen molar-refractivity contribution in [3.63, 3.8) is 0 Å². The second-order valence-corrected chi connectivity index (χ2v) is 8.72. The zero-order valence-electron chi connectivity index (χ0n) is 19.8. The molecule has 5 nitrogen and oxygen atoms in total. The quantitative estimate of drug-likeness (QED) is 0.307. The molecular weight excluding hydrogens is 474 g/mol. The first kappa shape index (κ1) is 24.5. The zero-order valence-corrected chi connectivity index (χ0v) is 19.8. The van der Waals surface area contributed by atoms with Gasteiger partial charge in [-0.1, -0.05) is 72.8 Å². The number of aromatic nitrogens is 2. The maximum Gasteiger partial charge on any atom is 0.274 e. The van der Waals surface area contributed by atoms with E-state index in [1.807, 2.05) is 42.5 Å². The Morgan fingerprint density at radius 3 is 1.89 bits per heavy atom. The lowest BCUT2D eigenvalue weighted by Gasteiger charge is -2.21. The molecule has 5 aromatic rings. The highest BCUT2D eigenvalue weighted by atomic mass is 19.1. The van der Waals surface area contributed by atoms with Crippen LogP contribution in [0, 0.1) is 11.6 Å². The number of hydrogen-bond acceptors (Lipinski definition) is 4. The lowest BCUT2D eigenvalue weighted by Crippen LogP contribution is -2.32. The predicted molar refractivity (Wildman–Crippen MR) is 138 cm³/mol. The molecule has 5 rings (SSSR count). The number of hydrogen-bond donors (Lipinski definition) is 1. The Morgan fingerprint density at radius 2 is 1.30 bits per heavy atom. The summed E-state index contributed by atoms with van der Waals surface area (Å²) >= 11 is 0. The minimum Gasteiger partial charge on any atom is -0.389 e. The van der Waals surface area contributed by atoms with Crippen LogP contribution in [0.25, 0.3) is 22.0 Å². The molecule has 0 fully saturated rings. The van der Waals surface area contributed by atoms with E-state index in [0.29, 0.717) is 22.2 Å². The van der Waals surface area contributed by atoms with Crippen molar-refractivity contribution in [1.82, 2.24) is 9.78 Å². The highest BCUT2D eigenvalue weighted by Gasteiger charge is 2.19. The van der Waals surface area contributed by atoms with Crippen LogP contribution >= 0.6 is 0 Å². The standard InChI is InChI=1S/C30H24F2N2O3/c31-23-14-10-21(11-15-23)29(22-12-16-24(32)17-13-22)37-19-25(35)18-34-30(36)27-9-5-4-8-26(27)28(33-34)20-6-2-1-3-7-20/h1-17,25,29,35H,18-19H2. The van der Waals surface area contributed by atoms with Crippen molar-refractivity contribution in [3.05, 3.63) is 136 Å². The minimum absolute atomic E-state index is 0.0942. The number of benzene rings is 4. The van der Waals surface area contributed by atoms with Crippen molar-refractivity contribution in [2.75, 3.05) is 6.61 Å². The molecule has 186 valence electrons. The summed E-state index contributed by atoms with van der Waals surface area (Å²) < 4.78 is 34.3. The van der Waals surface area contributed by atoms with Gasteiger partial charge in [0.1, 0.15) is 17.7 Å². The van der Waals surface area contributed by atoms with Gasteiger partial charge in [0.05, 0.1) is 30.3 Å². The lowest BCUT2D eigenvalue weighted by molar-refractivity contribution is -0.00238. The summed E-state index contributed by atoms with van der Waals surface area (Å²) in [6.45, 7) is -0.232. The molecule has 4 aromatic carbocycles. The van der Waals surface area contributed by atoms with E-state index in [-0.39, 0.29) is 18.7 Å². The summed E-state index contributed by atoms with van der Waals surface area (Å²) in [7, 11) is 0. The van der Waals surface area contributed by atoms with Crippen molar-refractivity contribution in [1.29, 1.82) is 0 Å². The number of rotatable bonds is 8. The number of ether oxygens (including phenoxy) is 1. The summed E-state index contributed by atoms with van der Waals surface area (Å²) in [6.07, 6.45) is -1.74. The molecule has 0 aliphatic heterocycles. The molecule has 0 aliphatic carbocycles. The molecular formula is C30H24F2N2O3. The molecule has 0 radical (unpaired) electrons. The molecule has 0 bridgehead atoms. The highest BCUT2D eigenvalue weighted by molar-refractivity contribution is 5.93. The molecule has 0 saturated heterocycles. The largest absolute Gasteiger partial charge is 0.389 e. The lowest BCUT2D eigenvalue weighted by atomic mass is 10.0. The Hall–Kier alpha value is -4.20. The number of fused-ring (bicyclic) bond motifs is 1. The first-order valence-electron chi connectivity index (χ1n) is 11.9. The predicted octanol–water partition coefficient (Wildman–Crippen LogP) is 5.51. The first-order chi connectivity index (χ1) is 18.0. The van der Waals surface area contributed by atoms with Crippen molar-refractivity contribution in [2.24, 2.45) is 0 Å². The molecule has 0 amide bonds. The third-order valence-electron chi connectivity index (χ3n) is 6.10. The molecule has 0 saturated carbocycles. The molecule has 1 unspecified atom stereocenters. The van der Waals surface area contributed by atoms with Gasteiger partial charge in [-0.2, -0.15) is 5.10 Å². The van der Waals surface area contributed by atoms with Gasteiger partial charge in [0.25, 0.3) is 5.56 Å². The second kappa shape index (κ2) is 10.8. The van der Waals surface area contributed by atoms with Crippen LogP contribution in [0.4, 0.5) is 8.78 Å². The summed E-state index contributed by atoms with van der Waals surface area (Å²) in [6, 6.07) is 28.4. The van der Waals surface area contributed by atoms with Gasteiger partial charge in [-0.05, 0) is 41.5 Å². The summed E-state index contributed by atoms with van der Waals surface area (Å²) in [5, 5.41) is 16.7. The van der Waals surface area contributed by atoms with E-state index >= 15 is 0 Å². The minimum atomic E-state index is -1.07. The van der Waals surface area contributed by atoms with Gasteiger partial charge in [0, 0.05) is 10.9 Å². The average Bonchev–Trinajstić information content (AvgIpc) is 2.93. The molecule has 37 heavy (non-hydrogen) atoms. The number of aliphatic hydroxyl groups is 1. The maximum absolute atomic E-state index is 13.5. The molecule has 1 N–H and O–H groups in total. The summed E-state index contributed by atoms with van der Waals surface area (Å²) in [5.41, 5.74) is 2.47. The van der Waals surface area contributed by atoms with E-state index in [1.54, 1.807) is 36.4 Å². The van der Waals surface area contributed by atoms with Gasteiger partial charge in [-0.3, -0.25) is 4.79 Å². The van der Waals surface area contributed by atoms with Crippen molar-refractivity contribution in [3.8, 4) is 11.3 Å². The van der Waals surface area contributed by atoms with Gasteiger partial charge in [-0.15, -0.1) is 0 Å². The van der Waals surface area contributed by atoms with E-state index in [0.717, 1.165) is 10.9 Å². The van der Waals surface area contributed by atoms with Gasteiger partial charge in [-0.25, -0.2) is 13.5 Å². The number of aliphatic hydroxyl groups excluding tert-OH is 1. The van der Waals surface area contributed by atoms with Gasteiger partial charge >= 0.3 is 0 Å². The second-order valence-electron chi connectivity index (χ2n) is 8.72. The average molecular weight is 499 g/mol. The van der Waals surface area contributed by atoms with Crippen LogP contribution in [0.2, 0.25) is 0 Å². The van der Waals surface area contributed by atoms with E-state index in [1.165, 1.54) is 28.9 Å². The molecule has 1 atom stereocenters. The molecule has 7 heteroatoms. The summed E-state index contributed by atoms with van der Waals surface area (Å²) in [4.78, 5) is 13.2. The Labute approximate surface area is 212 Å². The van der Waals surface area contributed by atoms with E-state index in [2.05, 4.69) is 5.10 Å². The Morgan fingerprint density at radius 1 is 0.757 bits per heavy atom. The van der Waals surface area contributed by atoms with Crippen LogP contribution in [0.15, 0.2) is 108 Å². The first-order valence-corrected chi connectivity index (χ1v) is 11.9. The molecule has 1 heterocycles. The summed E-state index contributed by atoms with van der Waals surface area (Å²) in [5.74, 6) is -0.782. The van der Waals surface area contributed by atoms with Crippen molar-refractivity contribution >= 4 is 10.8 Å². The van der Waals surface area contributed by atoms with Crippen LogP contribution in [0.1, 0.15) is 17.2 Å². The molecule has 0 aliphatic rings. The molecule has 1 aromatic heterocycles. The van der Waals surface area contributed by atoms with Crippen molar-refractivity contribution < 1.29 is 18.6 Å². The van der Waals surface area contributed by atoms with Gasteiger partial charge in [0.15, 0.2) is 0 Å². The maximum atomic E-state index is 13.5. The van der Waals surface area contributed by atoms with Gasteiger partial charge in [0.2, 0.25) is 0 Å². The third-order valence-corrected chi connectivity index (χ3v) is 6.10. The monoisotopic (exact) mass is 498 g/mol. The van der Waals surface area contributed by atoms with E-state index < -0.39 is 23.8 Å². The topological polar surface area (TPSA) is 64.4 Å². The number of nitrogens with zero attached hydrogens (tertiary/aromatic N) is 2. The van der Waals surface area contributed by atoms with Crippen LogP contribution in [0.5, 0.6) is 0 Å². The van der Waals surface area contributed by atoms with Crippen LogP contribution < -0.4 is 5.56 Å². The Balaban J connectivity index is 1.41. The number of halogens is 2. The van der Waals surface area contributed by atoms with E-state index in [9.17, 15) is 18.7 Å². The SMILES string of the molecule is O=c1c2ccccc2c(-c2ccccc2)nn1CC(O)COC(c1ccc(F)cc1)c1ccc(F)cc1. The Kier molecular flexibility index (Phi) is 7.16. The fourth-order valence-corrected chi connectivity index (χ4v) is 4.29. The Bertz CT molecular complexity index is 1510. The fraction of sp³-hybridized carbons (Fsp3) is 0.133. The van der Waals surface area contributed by atoms with Crippen LogP contribution in [-0.2, 0) is 11.3 Å². The van der Waals surface area contributed by atoms with Crippen LogP contribution in [-0.4, -0.2) is 27.6 Å². The third kappa shape index (κ3) is 5.48. The smallest absolute Gasteiger partial charge is 0.274 e. The fourth-order valence-electron chi connectivity index (χ4n) is 4.29. The molecule has 0 spiro atoms. The van der Waals surface area contributed by atoms with Crippen molar-refractivity contribution in [2.45, 2.75) is 18.8 Å². The normalized spacial score (nSPS) is 12.2. The van der Waals surface area contributed by atoms with Gasteiger partial charge < -0.3 is 9.84 Å². The van der Waals surface area contributed by atoms with Crippen LogP contribution in [0.3, 0.4) is 0 Å².